The summed E-state index contributed by atoms with van der Waals surface area (Å²) in [6, 6.07) is 0.0586. The van der Waals surface area contributed by atoms with E-state index in [9.17, 15) is 19.5 Å². The van der Waals surface area contributed by atoms with Crippen LogP contribution < -0.4 is 5.32 Å². The molecule has 1 rings (SSSR count). The molecule has 0 aromatic carbocycles. The second-order valence-corrected chi connectivity index (χ2v) is 11.1. The number of unbranched alkanes of at least 4 members (excludes halogenated alkanes) is 10. The van der Waals surface area contributed by atoms with Crippen LogP contribution >= 0.6 is 11.8 Å². The van der Waals surface area contributed by atoms with Crippen molar-refractivity contribution in [3.63, 3.8) is 0 Å². The maximum atomic E-state index is 12.4. The predicted octanol–water partition coefficient (Wildman–Crippen LogP) is 5.27. The Balaban J connectivity index is 1.99. The van der Waals surface area contributed by atoms with Gasteiger partial charge in [0.25, 0.3) is 0 Å². The number of nitrogens with one attached hydrogen (secondary N) is 1. The number of nitrogens with zero attached hydrogens (tertiary/aromatic N) is 1. The van der Waals surface area contributed by atoms with Crippen molar-refractivity contribution in [3.8, 4) is 0 Å². The lowest BCUT2D eigenvalue weighted by molar-refractivity contribution is -0.147. The summed E-state index contributed by atoms with van der Waals surface area (Å²) in [5, 5.41) is 12.4. The van der Waals surface area contributed by atoms with E-state index in [0.29, 0.717) is 24.5 Å². The van der Waals surface area contributed by atoms with Crippen molar-refractivity contribution in [2.45, 2.75) is 109 Å². The van der Waals surface area contributed by atoms with Gasteiger partial charge in [-0.15, -0.1) is 0 Å². The van der Waals surface area contributed by atoms with Crippen LogP contribution in [-0.2, 0) is 19.1 Å². The summed E-state index contributed by atoms with van der Waals surface area (Å²) in [5.74, 6) is -1.58. The van der Waals surface area contributed by atoms with Crippen molar-refractivity contribution >= 4 is 29.6 Å². The van der Waals surface area contributed by atoms with Gasteiger partial charge in [0.1, 0.15) is 5.92 Å². The molecule has 0 aromatic heterocycles. The van der Waals surface area contributed by atoms with Crippen LogP contribution in [-0.4, -0.2) is 72.1 Å². The summed E-state index contributed by atoms with van der Waals surface area (Å²) in [6.07, 6.45) is 16.2. The molecule has 1 aliphatic heterocycles. The molecular formula is C27H50N2O5S. The fraction of sp³-hybridized carbons (Fsp3) is 0.889. The number of carboxylic acids is 1. The number of esters is 1. The van der Waals surface area contributed by atoms with Crippen LogP contribution in [0, 0.1) is 5.92 Å². The zero-order chi connectivity index (χ0) is 25.7. The largest absolute Gasteiger partial charge is 0.481 e. The lowest BCUT2D eigenvalue weighted by Crippen LogP contribution is -2.46. The summed E-state index contributed by atoms with van der Waals surface area (Å²) in [4.78, 5) is 38.0. The molecule has 1 saturated heterocycles. The van der Waals surface area contributed by atoms with E-state index in [1.807, 2.05) is 7.05 Å². The van der Waals surface area contributed by atoms with Gasteiger partial charge in [0.05, 0.1) is 13.0 Å². The minimum Gasteiger partial charge on any atom is -0.481 e. The van der Waals surface area contributed by atoms with E-state index < -0.39 is 11.9 Å². The highest BCUT2D eigenvalue weighted by molar-refractivity contribution is 7.99. The number of amides is 1. The van der Waals surface area contributed by atoms with Gasteiger partial charge >= 0.3 is 11.9 Å². The highest BCUT2D eigenvalue weighted by Crippen LogP contribution is 2.15. The smallest absolute Gasteiger partial charge is 0.316 e. The average Bonchev–Trinajstić information content (AvgIpc) is 2.83. The molecule has 1 heterocycles. The normalized spacial score (nSPS) is 15.6. The summed E-state index contributed by atoms with van der Waals surface area (Å²) in [7, 11) is 2.05. The third kappa shape index (κ3) is 16.9. The first-order valence-corrected chi connectivity index (χ1v) is 15.0. The number of carbonyl (C=O) groups excluding carboxylic acids is 2. The first-order chi connectivity index (χ1) is 16.9. The number of thioether (sulfide) groups is 1. The lowest BCUT2D eigenvalue weighted by atomic mass is 10.0. The Labute approximate surface area is 217 Å². The van der Waals surface area contributed by atoms with Crippen LogP contribution in [0.5, 0.6) is 0 Å². The van der Waals surface area contributed by atoms with Crippen LogP contribution in [0.2, 0.25) is 0 Å². The van der Waals surface area contributed by atoms with E-state index in [1.165, 1.54) is 69.5 Å². The maximum Gasteiger partial charge on any atom is 0.316 e. The Morgan fingerprint density at radius 1 is 0.943 bits per heavy atom. The average molecular weight is 515 g/mol. The van der Waals surface area contributed by atoms with E-state index >= 15 is 0 Å². The van der Waals surface area contributed by atoms with Crippen molar-refractivity contribution in [1.29, 1.82) is 0 Å². The summed E-state index contributed by atoms with van der Waals surface area (Å²) in [5.41, 5.74) is 0. The van der Waals surface area contributed by atoms with Gasteiger partial charge in [0.2, 0.25) is 5.91 Å². The third-order valence-electron chi connectivity index (χ3n) is 6.69. The molecule has 1 unspecified atom stereocenters. The number of carboxylic acid groups (broad SMARTS) is 1. The maximum absolute atomic E-state index is 12.4. The quantitative estimate of drug-likeness (QED) is 0.122. The lowest BCUT2D eigenvalue weighted by Gasteiger charge is -2.30. The zero-order valence-electron chi connectivity index (χ0n) is 22.2. The molecule has 8 heteroatoms. The SMILES string of the molecule is CCCCCCCCCCCCCOC(=O)CCSCCC(C(=O)O)C(=O)NC1CCN(C)CC1. The third-order valence-corrected chi connectivity index (χ3v) is 7.71. The molecule has 0 spiro atoms. The van der Waals surface area contributed by atoms with Gasteiger partial charge in [0, 0.05) is 11.8 Å². The molecular weight excluding hydrogens is 464 g/mol. The molecule has 35 heavy (non-hydrogen) atoms. The minimum atomic E-state index is -1.08. The molecule has 0 aliphatic carbocycles. The number of ether oxygens (including phenoxy) is 1. The molecule has 2 N–H and O–H groups in total. The van der Waals surface area contributed by atoms with Crippen molar-refractivity contribution in [2.75, 3.05) is 38.2 Å². The highest BCUT2D eigenvalue weighted by Gasteiger charge is 2.28. The second-order valence-electron chi connectivity index (χ2n) is 9.88. The number of carbonyl (C=O) groups is 3. The van der Waals surface area contributed by atoms with Crippen molar-refractivity contribution < 1.29 is 24.2 Å². The Bertz CT molecular complexity index is 582. The highest BCUT2D eigenvalue weighted by atomic mass is 32.2. The van der Waals surface area contributed by atoms with Gasteiger partial charge in [-0.2, -0.15) is 11.8 Å². The molecule has 1 aliphatic rings. The Kier molecular flexibility index (Phi) is 18.9. The van der Waals surface area contributed by atoms with E-state index in [2.05, 4.69) is 17.1 Å². The van der Waals surface area contributed by atoms with E-state index in [0.717, 1.165) is 38.8 Å². The summed E-state index contributed by atoms with van der Waals surface area (Å²) >= 11 is 1.50. The summed E-state index contributed by atoms with van der Waals surface area (Å²) in [6.45, 7) is 4.55. The fourth-order valence-electron chi connectivity index (χ4n) is 4.30. The van der Waals surface area contributed by atoms with Gasteiger partial charge in [-0.05, 0) is 51.6 Å². The summed E-state index contributed by atoms with van der Waals surface area (Å²) < 4.78 is 5.31. The number of hydrogen-bond acceptors (Lipinski definition) is 6. The van der Waals surface area contributed by atoms with Gasteiger partial charge in [-0.3, -0.25) is 14.4 Å². The molecule has 0 radical (unpaired) electrons. The first kappa shape index (κ1) is 31.7. The Morgan fingerprint density at radius 3 is 2.09 bits per heavy atom. The second kappa shape index (κ2) is 20.9. The van der Waals surface area contributed by atoms with Gasteiger partial charge in [-0.1, -0.05) is 71.1 Å². The van der Waals surface area contributed by atoms with Crippen LogP contribution in [0.15, 0.2) is 0 Å². The molecule has 0 saturated carbocycles. The van der Waals surface area contributed by atoms with Gasteiger partial charge in [0.15, 0.2) is 0 Å². The number of likely N-dealkylation sites (tertiary alicyclic amines) is 1. The van der Waals surface area contributed by atoms with E-state index in [-0.39, 0.29) is 24.3 Å². The van der Waals surface area contributed by atoms with E-state index in [1.54, 1.807) is 0 Å². The number of aliphatic carboxylic acids is 1. The van der Waals surface area contributed by atoms with Crippen LogP contribution in [0.1, 0.15) is 103 Å². The van der Waals surface area contributed by atoms with Crippen molar-refractivity contribution in [3.05, 3.63) is 0 Å². The van der Waals surface area contributed by atoms with Gasteiger partial charge in [-0.25, -0.2) is 0 Å². The molecule has 1 fully saturated rings. The number of piperidine rings is 1. The standard InChI is InChI=1S/C27H50N2O5S/c1-3-4-5-6-7-8-9-10-11-12-13-20-34-25(30)17-22-35-21-16-24(27(32)33)26(31)28-23-14-18-29(2)19-15-23/h23-24H,3-22H2,1-2H3,(H,28,31)(H,32,33). The van der Waals surface area contributed by atoms with Gasteiger partial charge < -0.3 is 20.1 Å². The van der Waals surface area contributed by atoms with Crippen molar-refractivity contribution in [2.24, 2.45) is 5.92 Å². The predicted molar refractivity (Wildman–Crippen MR) is 144 cm³/mol. The Hall–Kier alpha value is -1.28. The van der Waals surface area contributed by atoms with Crippen LogP contribution in [0.4, 0.5) is 0 Å². The molecule has 1 amide bonds. The van der Waals surface area contributed by atoms with Crippen molar-refractivity contribution in [1.82, 2.24) is 10.2 Å². The zero-order valence-corrected chi connectivity index (χ0v) is 23.0. The monoisotopic (exact) mass is 514 g/mol. The molecule has 0 aromatic rings. The minimum absolute atomic E-state index is 0.0586. The van der Waals surface area contributed by atoms with E-state index in [4.69, 9.17) is 4.74 Å². The number of hydrogen-bond donors (Lipinski definition) is 2. The topological polar surface area (TPSA) is 95.9 Å². The molecule has 1 atom stereocenters. The molecule has 7 nitrogen and oxygen atoms in total. The molecule has 204 valence electrons. The Morgan fingerprint density at radius 2 is 1.51 bits per heavy atom. The van der Waals surface area contributed by atoms with Crippen LogP contribution in [0.25, 0.3) is 0 Å². The first-order valence-electron chi connectivity index (χ1n) is 13.9. The molecule has 0 bridgehead atoms. The fourth-order valence-corrected chi connectivity index (χ4v) is 5.22. The number of rotatable bonds is 21. The van der Waals surface area contributed by atoms with Crippen LogP contribution in [0.3, 0.4) is 0 Å².